The fourth-order valence-electron chi connectivity index (χ4n) is 3.19. The van der Waals surface area contributed by atoms with Gasteiger partial charge in [0.2, 0.25) is 6.41 Å². The zero-order chi connectivity index (χ0) is 20.2. The standard InChI is InChI=1S/C20H20N4O5/c25-13-23-6-8-24(9-7-23)20(27)16-3-1-2-15(22-16)19(26)21-14-4-5-17-18(12-14)29-11-10-28-17/h1-5,12-13H,6-11H2,(H,21,26). The number of benzene rings is 1. The first-order valence-electron chi connectivity index (χ1n) is 9.31. The lowest BCUT2D eigenvalue weighted by Gasteiger charge is -2.32. The molecular weight excluding hydrogens is 376 g/mol. The zero-order valence-corrected chi connectivity index (χ0v) is 15.7. The lowest BCUT2D eigenvalue weighted by Crippen LogP contribution is -2.48. The van der Waals surface area contributed by atoms with Crippen LogP contribution in [0.15, 0.2) is 36.4 Å². The highest BCUT2D eigenvalue weighted by molar-refractivity contribution is 6.04. The maximum atomic E-state index is 12.7. The molecule has 0 unspecified atom stereocenters. The molecule has 1 saturated heterocycles. The molecular formula is C20H20N4O5. The summed E-state index contributed by atoms with van der Waals surface area (Å²) in [6, 6.07) is 9.89. The molecule has 29 heavy (non-hydrogen) atoms. The topological polar surface area (TPSA) is 101 Å². The van der Waals surface area contributed by atoms with Crippen molar-refractivity contribution >= 4 is 23.9 Å². The number of amides is 3. The molecule has 0 radical (unpaired) electrons. The highest BCUT2D eigenvalue weighted by Gasteiger charge is 2.23. The van der Waals surface area contributed by atoms with Gasteiger partial charge in [0.15, 0.2) is 11.5 Å². The van der Waals surface area contributed by atoms with E-state index in [1.165, 1.54) is 0 Å². The molecule has 0 bridgehead atoms. The number of anilines is 1. The fourth-order valence-corrected chi connectivity index (χ4v) is 3.19. The van der Waals surface area contributed by atoms with Crippen molar-refractivity contribution in [3.05, 3.63) is 47.8 Å². The molecule has 9 heteroatoms. The van der Waals surface area contributed by atoms with Gasteiger partial charge in [0.25, 0.3) is 11.8 Å². The minimum absolute atomic E-state index is 0.136. The Hall–Kier alpha value is -3.62. The molecule has 1 fully saturated rings. The molecule has 0 saturated carbocycles. The van der Waals surface area contributed by atoms with Crippen LogP contribution in [0.3, 0.4) is 0 Å². The summed E-state index contributed by atoms with van der Waals surface area (Å²) in [5, 5.41) is 2.76. The zero-order valence-electron chi connectivity index (χ0n) is 15.7. The summed E-state index contributed by atoms with van der Waals surface area (Å²) in [6.07, 6.45) is 0.781. The Labute approximate surface area is 167 Å². The van der Waals surface area contributed by atoms with Crippen molar-refractivity contribution in [2.75, 3.05) is 44.7 Å². The van der Waals surface area contributed by atoms with Gasteiger partial charge in [0.1, 0.15) is 24.6 Å². The Bertz CT molecular complexity index is 940. The first-order chi connectivity index (χ1) is 14.1. The van der Waals surface area contributed by atoms with E-state index in [4.69, 9.17) is 9.47 Å². The molecule has 3 amide bonds. The first kappa shape index (κ1) is 18.7. The maximum Gasteiger partial charge on any atom is 0.274 e. The Morgan fingerprint density at radius 1 is 0.966 bits per heavy atom. The molecule has 1 N–H and O–H groups in total. The summed E-state index contributed by atoms with van der Waals surface area (Å²) in [7, 11) is 0. The van der Waals surface area contributed by atoms with Gasteiger partial charge < -0.3 is 24.6 Å². The third-order valence-corrected chi connectivity index (χ3v) is 4.75. The van der Waals surface area contributed by atoms with Crippen molar-refractivity contribution in [3.63, 3.8) is 0 Å². The van der Waals surface area contributed by atoms with Gasteiger partial charge >= 0.3 is 0 Å². The molecule has 0 spiro atoms. The summed E-state index contributed by atoms with van der Waals surface area (Å²) < 4.78 is 11.0. The van der Waals surface area contributed by atoms with Gasteiger partial charge in [-0.3, -0.25) is 14.4 Å². The molecule has 0 aliphatic carbocycles. The lowest BCUT2D eigenvalue weighted by atomic mass is 10.2. The van der Waals surface area contributed by atoms with Gasteiger partial charge in [-0.25, -0.2) is 4.98 Å². The van der Waals surface area contributed by atoms with Gasteiger partial charge in [-0.1, -0.05) is 6.07 Å². The van der Waals surface area contributed by atoms with Gasteiger partial charge in [-0.2, -0.15) is 0 Å². The summed E-state index contributed by atoms with van der Waals surface area (Å²) in [4.78, 5) is 43.6. The normalized spacial score (nSPS) is 15.6. The molecule has 4 rings (SSSR count). The van der Waals surface area contributed by atoms with Crippen LogP contribution in [-0.4, -0.2) is 72.4 Å². The lowest BCUT2D eigenvalue weighted by molar-refractivity contribution is -0.119. The van der Waals surface area contributed by atoms with E-state index in [0.29, 0.717) is 56.6 Å². The van der Waals surface area contributed by atoms with E-state index in [0.717, 1.165) is 6.41 Å². The molecule has 2 aliphatic heterocycles. The maximum absolute atomic E-state index is 12.7. The number of fused-ring (bicyclic) bond motifs is 1. The summed E-state index contributed by atoms with van der Waals surface area (Å²) >= 11 is 0. The molecule has 2 aromatic rings. The third-order valence-electron chi connectivity index (χ3n) is 4.75. The van der Waals surface area contributed by atoms with Crippen LogP contribution in [0.5, 0.6) is 11.5 Å². The number of aromatic nitrogens is 1. The van der Waals surface area contributed by atoms with Crippen LogP contribution in [0.25, 0.3) is 0 Å². The van der Waals surface area contributed by atoms with E-state index >= 15 is 0 Å². The number of hydrogen-bond donors (Lipinski definition) is 1. The summed E-state index contributed by atoms with van der Waals surface area (Å²) in [5.74, 6) is 0.515. The van der Waals surface area contributed by atoms with Crippen molar-refractivity contribution in [3.8, 4) is 11.5 Å². The largest absolute Gasteiger partial charge is 0.486 e. The molecule has 3 heterocycles. The molecule has 0 atom stereocenters. The number of carbonyl (C=O) groups is 3. The number of pyridine rings is 1. The quantitative estimate of drug-likeness (QED) is 0.775. The number of carbonyl (C=O) groups excluding carboxylic acids is 3. The Kier molecular flexibility index (Phi) is 5.28. The minimum Gasteiger partial charge on any atom is -0.486 e. The predicted molar refractivity (Wildman–Crippen MR) is 103 cm³/mol. The molecule has 2 aliphatic rings. The van der Waals surface area contributed by atoms with Crippen molar-refractivity contribution in [1.29, 1.82) is 0 Å². The van der Waals surface area contributed by atoms with Crippen LogP contribution >= 0.6 is 0 Å². The van der Waals surface area contributed by atoms with Crippen LogP contribution in [-0.2, 0) is 4.79 Å². The third kappa shape index (κ3) is 4.13. The smallest absolute Gasteiger partial charge is 0.274 e. The summed E-state index contributed by atoms with van der Waals surface area (Å²) in [5.41, 5.74) is 0.874. The molecule has 1 aromatic carbocycles. The Morgan fingerprint density at radius 2 is 1.69 bits per heavy atom. The minimum atomic E-state index is -0.429. The van der Waals surface area contributed by atoms with Crippen LogP contribution in [0, 0.1) is 0 Å². The van der Waals surface area contributed by atoms with Gasteiger partial charge in [-0.15, -0.1) is 0 Å². The van der Waals surface area contributed by atoms with E-state index in [9.17, 15) is 14.4 Å². The van der Waals surface area contributed by atoms with Crippen LogP contribution in [0.1, 0.15) is 21.0 Å². The van der Waals surface area contributed by atoms with Crippen molar-refractivity contribution in [2.24, 2.45) is 0 Å². The second kappa shape index (κ2) is 8.17. The monoisotopic (exact) mass is 396 g/mol. The molecule has 150 valence electrons. The molecule has 1 aromatic heterocycles. The second-order valence-corrected chi connectivity index (χ2v) is 6.65. The average Bonchev–Trinajstić information content (AvgIpc) is 2.78. The van der Waals surface area contributed by atoms with Crippen molar-refractivity contribution in [1.82, 2.24) is 14.8 Å². The Balaban J connectivity index is 1.45. The highest BCUT2D eigenvalue weighted by atomic mass is 16.6. The number of nitrogens with zero attached hydrogens (tertiary/aromatic N) is 3. The molecule has 9 nitrogen and oxygen atoms in total. The number of ether oxygens (including phenoxy) is 2. The fraction of sp³-hybridized carbons (Fsp3) is 0.300. The SMILES string of the molecule is O=CN1CCN(C(=O)c2cccc(C(=O)Nc3ccc4c(c3)OCCO4)n2)CC1. The van der Waals surface area contributed by atoms with Gasteiger partial charge in [-0.05, 0) is 24.3 Å². The number of nitrogens with one attached hydrogen (secondary N) is 1. The van der Waals surface area contributed by atoms with E-state index in [1.54, 1.807) is 46.2 Å². The van der Waals surface area contributed by atoms with Gasteiger partial charge in [0.05, 0.1) is 0 Å². The number of hydrogen-bond acceptors (Lipinski definition) is 6. The average molecular weight is 396 g/mol. The predicted octanol–water partition coefficient (Wildman–Crippen LogP) is 1.02. The number of rotatable bonds is 4. The van der Waals surface area contributed by atoms with E-state index < -0.39 is 5.91 Å². The summed E-state index contributed by atoms with van der Waals surface area (Å²) in [6.45, 7) is 2.80. The number of piperazine rings is 1. The van der Waals surface area contributed by atoms with E-state index in [2.05, 4.69) is 10.3 Å². The highest BCUT2D eigenvalue weighted by Crippen LogP contribution is 2.32. The van der Waals surface area contributed by atoms with E-state index in [1.807, 2.05) is 0 Å². The first-order valence-corrected chi connectivity index (χ1v) is 9.31. The van der Waals surface area contributed by atoms with Crippen LogP contribution in [0.4, 0.5) is 5.69 Å². The van der Waals surface area contributed by atoms with Crippen molar-refractivity contribution < 1.29 is 23.9 Å². The van der Waals surface area contributed by atoms with Crippen LogP contribution < -0.4 is 14.8 Å². The van der Waals surface area contributed by atoms with E-state index in [-0.39, 0.29) is 17.3 Å². The Morgan fingerprint density at radius 3 is 2.45 bits per heavy atom. The van der Waals surface area contributed by atoms with Gasteiger partial charge in [0, 0.05) is 37.9 Å². The van der Waals surface area contributed by atoms with Crippen LogP contribution in [0.2, 0.25) is 0 Å². The second-order valence-electron chi connectivity index (χ2n) is 6.65. The van der Waals surface area contributed by atoms with Crippen molar-refractivity contribution in [2.45, 2.75) is 0 Å².